The maximum Gasteiger partial charge on any atom is 0.349 e. The van der Waals surface area contributed by atoms with Crippen LogP contribution in [0.2, 0.25) is 0 Å². The first-order chi connectivity index (χ1) is 16.4. The summed E-state index contributed by atoms with van der Waals surface area (Å²) in [7, 11) is 0. The van der Waals surface area contributed by atoms with Crippen molar-refractivity contribution in [3.05, 3.63) is 102 Å². The fourth-order valence-corrected chi connectivity index (χ4v) is 2.85. The van der Waals surface area contributed by atoms with Gasteiger partial charge in [0.1, 0.15) is 0 Å². The van der Waals surface area contributed by atoms with Crippen molar-refractivity contribution in [2.24, 2.45) is 0 Å². The quantitative estimate of drug-likeness (QED) is 0.491. The summed E-state index contributed by atoms with van der Waals surface area (Å²) in [6, 6.07) is 22.8. The Bertz CT molecular complexity index is 1220. The number of rotatable bonds is 8. The van der Waals surface area contributed by atoms with Crippen LogP contribution < -0.4 is 5.32 Å². The normalized spacial score (nSPS) is 11.9. The molecule has 2 N–H and O–H groups in total. The number of ether oxygens (including phenoxy) is 2. The van der Waals surface area contributed by atoms with E-state index in [0.29, 0.717) is 5.56 Å². The van der Waals surface area contributed by atoms with Crippen molar-refractivity contribution in [3.63, 3.8) is 0 Å². The molecule has 0 fully saturated rings. The minimum absolute atomic E-state index is 0.0504. The molecule has 0 spiro atoms. The number of benzene rings is 3. The molecule has 0 aliphatic carbocycles. The topological polar surface area (TPSA) is 143 Å². The van der Waals surface area contributed by atoms with Crippen LogP contribution >= 0.6 is 0 Å². The van der Waals surface area contributed by atoms with Gasteiger partial charge in [-0.3, -0.25) is 4.79 Å². The van der Waals surface area contributed by atoms with Crippen LogP contribution in [0.1, 0.15) is 26.3 Å². The molecule has 0 radical (unpaired) electrons. The van der Waals surface area contributed by atoms with Gasteiger partial charge in [0.05, 0.1) is 22.8 Å². The number of hydrogen-bond acceptors (Lipinski definition) is 7. The molecule has 3 aromatic carbocycles. The summed E-state index contributed by atoms with van der Waals surface area (Å²) >= 11 is 0. The molecule has 0 aliphatic rings. The highest BCUT2D eigenvalue weighted by atomic mass is 16.6. The largest absolute Gasteiger partial charge is 0.478 e. The van der Waals surface area contributed by atoms with Crippen LogP contribution in [0.4, 0.5) is 5.69 Å². The number of nitrogens with zero attached hydrogens (tertiary/aromatic N) is 1. The van der Waals surface area contributed by atoms with E-state index in [-0.39, 0.29) is 16.8 Å². The Hall–Kier alpha value is -4.97. The van der Waals surface area contributed by atoms with E-state index in [1.54, 1.807) is 36.4 Å². The van der Waals surface area contributed by atoms with Crippen molar-refractivity contribution >= 4 is 29.5 Å². The highest BCUT2D eigenvalue weighted by Gasteiger charge is 2.41. The lowest BCUT2D eigenvalue weighted by Crippen LogP contribution is -2.48. The fourth-order valence-electron chi connectivity index (χ4n) is 2.85. The number of hydrogen-bond donors (Lipinski definition) is 2. The fraction of sp³-hybridized carbons (Fsp3) is 0.0800. The standard InChI is InChI=1S/C25H18N2O7/c26-15-16-11-13-19(14-12-16)27-22(28)20(33-24(31)17-7-3-1-4-8-17)21(23(29)30)34-25(32)18-9-5-2-6-10-18/h1-14,20-21H,(H,27,28)(H,29,30)/t20-,21+/m1/s1. The summed E-state index contributed by atoms with van der Waals surface area (Å²) in [6.45, 7) is 0. The molecule has 0 aliphatic heterocycles. The van der Waals surface area contributed by atoms with Gasteiger partial charge in [0.2, 0.25) is 12.2 Å². The molecule has 3 rings (SSSR count). The third kappa shape index (κ3) is 6.05. The average molecular weight is 458 g/mol. The van der Waals surface area contributed by atoms with Crippen molar-refractivity contribution in [1.29, 1.82) is 5.26 Å². The van der Waals surface area contributed by atoms with Crippen molar-refractivity contribution in [1.82, 2.24) is 0 Å². The molecule has 0 saturated heterocycles. The lowest BCUT2D eigenvalue weighted by Gasteiger charge is -2.23. The second-order valence-corrected chi connectivity index (χ2v) is 6.90. The molecule has 0 unspecified atom stereocenters. The third-order valence-corrected chi connectivity index (χ3v) is 4.55. The van der Waals surface area contributed by atoms with E-state index in [9.17, 15) is 24.3 Å². The zero-order valence-corrected chi connectivity index (χ0v) is 17.6. The molecule has 3 aromatic rings. The van der Waals surface area contributed by atoms with Crippen molar-refractivity contribution < 1.29 is 33.8 Å². The minimum Gasteiger partial charge on any atom is -0.478 e. The first-order valence-electron chi connectivity index (χ1n) is 9.95. The average Bonchev–Trinajstić information content (AvgIpc) is 2.87. The summed E-state index contributed by atoms with van der Waals surface area (Å²) in [5.41, 5.74) is 0.667. The zero-order chi connectivity index (χ0) is 24.5. The van der Waals surface area contributed by atoms with E-state index in [4.69, 9.17) is 14.7 Å². The third-order valence-electron chi connectivity index (χ3n) is 4.55. The number of nitrogens with one attached hydrogen (secondary N) is 1. The molecule has 34 heavy (non-hydrogen) atoms. The monoisotopic (exact) mass is 458 g/mol. The van der Waals surface area contributed by atoms with Crippen LogP contribution in [-0.4, -0.2) is 41.1 Å². The van der Waals surface area contributed by atoms with Gasteiger partial charge >= 0.3 is 17.9 Å². The molecule has 9 nitrogen and oxygen atoms in total. The molecule has 1 amide bonds. The summed E-state index contributed by atoms with van der Waals surface area (Å²) in [4.78, 5) is 50.1. The molecule has 0 saturated carbocycles. The Morgan fingerprint density at radius 1 is 0.735 bits per heavy atom. The van der Waals surface area contributed by atoms with Gasteiger partial charge in [0, 0.05) is 5.69 Å². The number of aliphatic carboxylic acids is 1. The van der Waals surface area contributed by atoms with Gasteiger partial charge in [-0.05, 0) is 48.5 Å². The van der Waals surface area contributed by atoms with E-state index in [2.05, 4.69) is 5.32 Å². The molecule has 9 heteroatoms. The number of carbonyl (C=O) groups is 4. The van der Waals surface area contributed by atoms with Crippen molar-refractivity contribution in [2.75, 3.05) is 5.32 Å². The van der Waals surface area contributed by atoms with Crippen LogP contribution in [0, 0.1) is 11.3 Å². The van der Waals surface area contributed by atoms with Gasteiger partial charge in [-0.25, -0.2) is 14.4 Å². The van der Waals surface area contributed by atoms with Crippen LogP contribution in [0.3, 0.4) is 0 Å². The Labute approximate surface area is 194 Å². The molecule has 170 valence electrons. The van der Waals surface area contributed by atoms with E-state index >= 15 is 0 Å². The maximum atomic E-state index is 13.0. The van der Waals surface area contributed by atoms with Gasteiger partial charge in [-0.15, -0.1) is 0 Å². The van der Waals surface area contributed by atoms with Crippen molar-refractivity contribution in [3.8, 4) is 6.07 Å². The first kappa shape index (κ1) is 23.7. The minimum atomic E-state index is -2.14. The Morgan fingerprint density at radius 3 is 1.65 bits per heavy atom. The van der Waals surface area contributed by atoms with E-state index in [0.717, 1.165) is 0 Å². The Morgan fingerprint density at radius 2 is 1.21 bits per heavy atom. The number of amides is 1. The van der Waals surface area contributed by atoms with E-state index in [1.165, 1.54) is 48.5 Å². The van der Waals surface area contributed by atoms with Gasteiger partial charge in [0.15, 0.2) is 0 Å². The molecule has 0 heterocycles. The summed E-state index contributed by atoms with van der Waals surface area (Å²) in [6.07, 6.45) is -4.16. The molecule has 0 aromatic heterocycles. The maximum absolute atomic E-state index is 13.0. The van der Waals surface area contributed by atoms with Gasteiger partial charge in [-0.2, -0.15) is 5.26 Å². The zero-order valence-electron chi connectivity index (χ0n) is 17.6. The lowest BCUT2D eigenvalue weighted by atomic mass is 10.1. The number of carbonyl (C=O) groups excluding carboxylic acids is 3. The number of nitriles is 1. The van der Waals surface area contributed by atoms with E-state index in [1.807, 2.05) is 6.07 Å². The first-order valence-corrected chi connectivity index (χ1v) is 9.95. The predicted molar refractivity (Wildman–Crippen MR) is 119 cm³/mol. The summed E-state index contributed by atoms with van der Waals surface area (Å²) < 4.78 is 10.3. The molecular formula is C25H18N2O7. The molecule has 2 atom stereocenters. The van der Waals surface area contributed by atoms with Crippen LogP contribution in [0.5, 0.6) is 0 Å². The van der Waals surface area contributed by atoms with Gasteiger partial charge in [-0.1, -0.05) is 36.4 Å². The van der Waals surface area contributed by atoms with E-state index < -0.39 is 36.0 Å². The number of anilines is 1. The highest BCUT2D eigenvalue weighted by Crippen LogP contribution is 2.16. The summed E-state index contributed by atoms with van der Waals surface area (Å²) in [5, 5.41) is 21.0. The second-order valence-electron chi connectivity index (χ2n) is 6.90. The lowest BCUT2D eigenvalue weighted by molar-refractivity contribution is -0.157. The molecular weight excluding hydrogens is 440 g/mol. The smallest absolute Gasteiger partial charge is 0.349 e. The van der Waals surface area contributed by atoms with Crippen molar-refractivity contribution in [2.45, 2.75) is 12.2 Å². The number of carboxylic acids is 1. The van der Waals surface area contributed by atoms with Crippen LogP contribution in [0.15, 0.2) is 84.9 Å². The highest BCUT2D eigenvalue weighted by molar-refractivity contribution is 6.01. The number of carboxylic acid groups (broad SMARTS) is 1. The van der Waals surface area contributed by atoms with Gasteiger partial charge < -0.3 is 19.9 Å². The summed E-state index contributed by atoms with van der Waals surface area (Å²) in [5.74, 6) is -4.73. The predicted octanol–water partition coefficient (Wildman–Crippen LogP) is 3.03. The molecule has 0 bridgehead atoms. The van der Waals surface area contributed by atoms with Crippen LogP contribution in [0.25, 0.3) is 0 Å². The second kappa shape index (κ2) is 11.1. The Kier molecular flexibility index (Phi) is 7.71. The number of esters is 2. The van der Waals surface area contributed by atoms with Crippen LogP contribution in [-0.2, 0) is 19.1 Å². The van der Waals surface area contributed by atoms with Gasteiger partial charge in [0.25, 0.3) is 5.91 Å². The SMILES string of the molecule is N#Cc1ccc(NC(=O)[C@H](OC(=O)c2ccccc2)[C@H](OC(=O)c2ccccc2)C(=O)O)cc1. The Balaban J connectivity index is 1.89.